The number of piperazine rings is 1. The van der Waals surface area contributed by atoms with E-state index >= 15 is 0 Å². The number of para-hydroxylation sites is 3. The lowest BCUT2D eigenvalue weighted by Gasteiger charge is -2.37. The predicted octanol–water partition coefficient (Wildman–Crippen LogP) is 1.76. The first-order valence-electron chi connectivity index (χ1n) is 8.82. The summed E-state index contributed by atoms with van der Waals surface area (Å²) in [7, 11) is 0. The summed E-state index contributed by atoms with van der Waals surface area (Å²) in [5.41, 5.74) is 1.84. The zero-order valence-electron chi connectivity index (χ0n) is 14.5. The molecule has 0 aromatic heterocycles. The quantitative estimate of drug-likeness (QED) is 0.846. The minimum atomic E-state index is -0.181. The van der Waals surface area contributed by atoms with E-state index in [0.29, 0.717) is 24.5 Å². The van der Waals surface area contributed by atoms with Crippen LogP contribution in [0.2, 0.25) is 0 Å². The topological polar surface area (TPSA) is 53.1 Å². The molecule has 0 bridgehead atoms. The van der Waals surface area contributed by atoms with E-state index in [-0.39, 0.29) is 25.0 Å². The van der Waals surface area contributed by atoms with Crippen LogP contribution in [0.15, 0.2) is 54.6 Å². The van der Waals surface area contributed by atoms with Crippen LogP contribution in [-0.4, -0.2) is 56.0 Å². The van der Waals surface area contributed by atoms with E-state index < -0.39 is 0 Å². The minimum Gasteiger partial charge on any atom is -0.482 e. The fourth-order valence-corrected chi connectivity index (χ4v) is 3.42. The highest BCUT2D eigenvalue weighted by atomic mass is 16.5. The van der Waals surface area contributed by atoms with Crippen LogP contribution in [0.4, 0.5) is 11.4 Å². The first-order chi connectivity index (χ1) is 12.7. The number of carbonyl (C=O) groups excluding carboxylic acids is 2. The van der Waals surface area contributed by atoms with E-state index in [2.05, 4.69) is 17.0 Å². The van der Waals surface area contributed by atoms with Gasteiger partial charge in [0, 0.05) is 31.9 Å². The molecule has 2 heterocycles. The van der Waals surface area contributed by atoms with Crippen LogP contribution in [0.3, 0.4) is 0 Å². The van der Waals surface area contributed by atoms with Gasteiger partial charge in [-0.2, -0.15) is 0 Å². The van der Waals surface area contributed by atoms with Gasteiger partial charge in [-0.1, -0.05) is 30.3 Å². The van der Waals surface area contributed by atoms with Gasteiger partial charge in [-0.3, -0.25) is 14.5 Å². The highest BCUT2D eigenvalue weighted by Gasteiger charge is 2.29. The first kappa shape index (κ1) is 16.4. The Labute approximate surface area is 152 Å². The summed E-state index contributed by atoms with van der Waals surface area (Å²) in [5, 5.41) is 0. The van der Waals surface area contributed by atoms with Crippen LogP contribution in [0.1, 0.15) is 0 Å². The molecule has 2 aromatic rings. The van der Waals surface area contributed by atoms with Crippen molar-refractivity contribution in [3.8, 4) is 5.75 Å². The fourth-order valence-electron chi connectivity index (χ4n) is 3.42. The second-order valence-corrected chi connectivity index (χ2v) is 6.44. The Morgan fingerprint density at radius 2 is 1.62 bits per heavy atom. The maximum Gasteiger partial charge on any atom is 0.265 e. The summed E-state index contributed by atoms with van der Waals surface area (Å²) in [5.74, 6) is 0.441. The molecule has 2 aromatic carbocycles. The maximum atomic E-state index is 12.7. The third-order valence-electron chi connectivity index (χ3n) is 4.86. The zero-order valence-corrected chi connectivity index (χ0v) is 14.5. The van der Waals surface area contributed by atoms with Gasteiger partial charge >= 0.3 is 0 Å². The molecule has 2 amide bonds. The summed E-state index contributed by atoms with van der Waals surface area (Å²) in [6.07, 6.45) is 0. The molecule has 1 saturated heterocycles. The van der Waals surface area contributed by atoms with E-state index in [0.717, 1.165) is 13.1 Å². The molecule has 0 saturated carbocycles. The number of hydrogen-bond acceptors (Lipinski definition) is 4. The zero-order chi connectivity index (χ0) is 17.9. The third kappa shape index (κ3) is 3.22. The van der Waals surface area contributed by atoms with Crippen LogP contribution in [-0.2, 0) is 9.59 Å². The summed E-state index contributed by atoms with van der Waals surface area (Å²) >= 11 is 0. The van der Waals surface area contributed by atoms with Crippen LogP contribution in [0, 0.1) is 0 Å². The normalized spacial score (nSPS) is 16.9. The predicted molar refractivity (Wildman–Crippen MR) is 99.5 cm³/mol. The SMILES string of the molecule is O=C(CN1C(=O)COc2ccccc21)N1CCN(c2ccccc2)CC1. The molecular formula is C20H21N3O3. The van der Waals surface area contributed by atoms with Crippen molar-refractivity contribution in [1.82, 2.24) is 4.90 Å². The molecule has 6 nitrogen and oxygen atoms in total. The van der Waals surface area contributed by atoms with Crippen molar-refractivity contribution in [2.75, 3.05) is 49.1 Å². The Morgan fingerprint density at radius 1 is 0.923 bits per heavy atom. The van der Waals surface area contributed by atoms with Crippen LogP contribution in [0.25, 0.3) is 0 Å². The average molecular weight is 351 g/mol. The van der Waals surface area contributed by atoms with Crippen molar-refractivity contribution >= 4 is 23.2 Å². The van der Waals surface area contributed by atoms with Gasteiger partial charge in [-0.05, 0) is 24.3 Å². The monoisotopic (exact) mass is 351 g/mol. The van der Waals surface area contributed by atoms with E-state index in [1.54, 1.807) is 0 Å². The maximum absolute atomic E-state index is 12.7. The van der Waals surface area contributed by atoms with E-state index in [9.17, 15) is 9.59 Å². The van der Waals surface area contributed by atoms with Crippen LogP contribution in [0.5, 0.6) is 5.75 Å². The first-order valence-corrected chi connectivity index (χ1v) is 8.82. The Kier molecular flexibility index (Phi) is 4.48. The van der Waals surface area contributed by atoms with Gasteiger partial charge in [0.2, 0.25) is 5.91 Å². The Bertz CT molecular complexity index is 801. The van der Waals surface area contributed by atoms with Crippen molar-refractivity contribution in [2.45, 2.75) is 0 Å². The molecule has 4 rings (SSSR count). The van der Waals surface area contributed by atoms with Crippen molar-refractivity contribution < 1.29 is 14.3 Å². The molecule has 26 heavy (non-hydrogen) atoms. The number of hydrogen-bond donors (Lipinski definition) is 0. The molecule has 134 valence electrons. The molecule has 0 radical (unpaired) electrons. The molecule has 0 aliphatic carbocycles. The molecule has 0 atom stereocenters. The molecule has 1 fully saturated rings. The Hall–Kier alpha value is -3.02. The van der Waals surface area contributed by atoms with E-state index in [4.69, 9.17) is 4.74 Å². The molecule has 0 N–H and O–H groups in total. The molecule has 0 unspecified atom stereocenters. The molecule has 0 spiro atoms. The van der Waals surface area contributed by atoms with Crippen LogP contribution < -0.4 is 14.5 Å². The molecular weight excluding hydrogens is 330 g/mol. The van der Waals surface area contributed by atoms with Gasteiger partial charge in [0.25, 0.3) is 5.91 Å². The molecule has 2 aliphatic rings. The average Bonchev–Trinajstić information content (AvgIpc) is 2.71. The van der Waals surface area contributed by atoms with Gasteiger partial charge in [-0.15, -0.1) is 0 Å². The van der Waals surface area contributed by atoms with Crippen molar-refractivity contribution in [3.63, 3.8) is 0 Å². The van der Waals surface area contributed by atoms with Gasteiger partial charge in [0.15, 0.2) is 6.61 Å². The van der Waals surface area contributed by atoms with Gasteiger partial charge < -0.3 is 14.5 Å². The minimum absolute atomic E-state index is 0.0217. The second kappa shape index (κ2) is 7.07. The molecule has 2 aliphatic heterocycles. The number of fused-ring (bicyclic) bond motifs is 1. The highest BCUT2D eigenvalue weighted by Crippen LogP contribution is 2.31. The van der Waals surface area contributed by atoms with Crippen LogP contribution >= 0.6 is 0 Å². The summed E-state index contributed by atoms with van der Waals surface area (Å²) < 4.78 is 5.43. The largest absolute Gasteiger partial charge is 0.482 e. The number of rotatable bonds is 3. The Morgan fingerprint density at radius 3 is 2.38 bits per heavy atom. The lowest BCUT2D eigenvalue weighted by molar-refractivity contribution is -0.132. The number of ether oxygens (including phenoxy) is 1. The van der Waals surface area contributed by atoms with Gasteiger partial charge in [0.1, 0.15) is 12.3 Å². The summed E-state index contributed by atoms with van der Waals surface area (Å²) in [6, 6.07) is 17.5. The van der Waals surface area contributed by atoms with Crippen molar-refractivity contribution in [2.24, 2.45) is 0 Å². The Balaban J connectivity index is 1.40. The van der Waals surface area contributed by atoms with Crippen molar-refractivity contribution in [1.29, 1.82) is 0 Å². The van der Waals surface area contributed by atoms with E-state index in [1.165, 1.54) is 10.6 Å². The van der Waals surface area contributed by atoms with Gasteiger partial charge in [0.05, 0.1) is 5.69 Å². The van der Waals surface area contributed by atoms with E-state index in [1.807, 2.05) is 47.4 Å². The highest BCUT2D eigenvalue weighted by molar-refractivity contribution is 6.02. The number of anilines is 2. The summed E-state index contributed by atoms with van der Waals surface area (Å²) in [4.78, 5) is 30.6. The fraction of sp³-hybridized carbons (Fsp3) is 0.300. The number of carbonyl (C=O) groups is 2. The number of amides is 2. The lowest BCUT2D eigenvalue weighted by Crippen LogP contribution is -2.52. The molecule has 6 heteroatoms. The third-order valence-corrected chi connectivity index (χ3v) is 4.86. The standard InChI is InChI=1S/C20H21N3O3/c24-19(14-23-17-8-4-5-9-18(17)26-15-20(23)25)22-12-10-21(11-13-22)16-6-2-1-3-7-16/h1-9H,10-15H2. The number of benzene rings is 2. The smallest absolute Gasteiger partial charge is 0.265 e. The second-order valence-electron chi connectivity index (χ2n) is 6.44. The number of nitrogens with zero attached hydrogens (tertiary/aromatic N) is 3. The van der Waals surface area contributed by atoms with Gasteiger partial charge in [-0.25, -0.2) is 0 Å². The summed E-state index contributed by atoms with van der Waals surface area (Å²) in [6.45, 7) is 2.95. The lowest BCUT2D eigenvalue weighted by atomic mass is 10.2. The van der Waals surface area contributed by atoms with Crippen molar-refractivity contribution in [3.05, 3.63) is 54.6 Å².